The van der Waals surface area contributed by atoms with Crippen LogP contribution in [0.5, 0.6) is 5.75 Å². The zero-order chi connectivity index (χ0) is 16.2. The Labute approximate surface area is 119 Å². The van der Waals surface area contributed by atoms with Gasteiger partial charge in [0.2, 0.25) is 0 Å². The third kappa shape index (κ3) is 3.89. The number of ether oxygens (including phenoxy) is 1. The molecular weight excluding hydrogens is 284 g/mol. The van der Waals surface area contributed by atoms with Crippen LogP contribution < -0.4 is 10.1 Å². The van der Waals surface area contributed by atoms with Crippen LogP contribution >= 0.6 is 0 Å². The number of hydrogen-bond donors (Lipinski definition) is 3. The number of nitro benzene ring substituents is 1. The molecule has 0 spiro atoms. The summed E-state index contributed by atoms with van der Waals surface area (Å²) < 4.78 is 4.89. The second-order valence-corrected chi connectivity index (χ2v) is 4.40. The Morgan fingerprint density at radius 3 is 2.57 bits per heavy atom. The number of benzene rings is 1. The molecule has 0 bridgehead atoms. The van der Waals surface area contributed by atoms with Crippen molar-refractivity contribution in [2.24, 2.45) is 0 Å². The summed E-state index contributed by atoms with van der Waals surface area (Å²) in [7, 11) is 1.24. The summed E-state index contributed by atoms with van der Waals surface area (Å²) in [5.41, 5.74) is -2.38. The number of rotatable bonds is 6. The standard InChI is InChI=1S/C12H14N2O7/c1-12(18,11(16)17)6-13-10(15)8-4-3-7(14(19)20)5-9(8)21-2/h3-5,18H,6H2,1-2H3,(H,13,15)(H,16,17). The summed E-state index contributed by atoms with van der Waals surface area (Å²) in [5, 5.41) is 31.1. The Balaban J connectivity index is 2.93. The topological polar surface area (TPSA) is 139 Å². The van der Waals surface area contributed by atoms with Crippen LogP contribution in [-0.4, -0.2) is 46.3 Å². The van der Waals surface area contributed by atoms with Crippen molar-refractivity contribution in [1.29, 1.82) is 0 Å². The van der Waals surface area contributed by atoms with Gasteiger partial charge in [0.25, 0.3) is 11.6 Å². The molecule has 0 saturated carbocycles. The summed E-state index contributed by atoms with van der Waals surface area (Å²) in [5.74, 6) is -2.24. The van der Waals surface area contributed by atoms with Crippen LogP contribution in [0, 0.1) is 10.1 Å². The van der Waals surface area contributed by atoms with Gasteiger partial charge in [0.1, 0.15) is 5.75 Å². The Hall–Kier alpha value is -2.68. The highest BCUT2D eigenvalue weighted by Crippen LogP contribution is 2.24. The van der Waals surface area contributed by atoms with Gasteiger partial charge in [0, 0.05) is 6.07 Å². The molecule has 3 N–H and O–H groups in total. The molecule has 21 heavy (non-hydrogen) atoms. The lowest BCUT2D eigenvalue weighted by molar-refractivity contribution is -0.384. The van der Waals surface area contributed by atoms with E-state index in [1.165, 1.54) is 13.2 Å². The monoisotopic (exact) mass is 298 g/mol. The van der Waals surface area contributed by atoms with Gasteiger partial charge < -0.3 is 20.3 Å². The van der Waals surface area contributed by atoms with Crippen LogP contribution in [0.25, 0.3) is 0 Å². The van der Waals surface area contributed by atoms with Gasteiger partial charge in [-0.2, -0.15) is 0 Å². The molecule has 0 heterocycles. The van der Waals surface area contributed by atoms with Crippen molar-refractivity contribution in [3.05, 3.63) is 33.9 Å². The molecule has 9 heteroatoms. The Morgan fingerprint density at radius 2 is 2.10 bits per heavy atom. The van der Waals surface area contributed by atoms with Gasteiger partial charge in [-0.15, -0.1) is 0 Å². The zero-order valence-electron chi connectivity index (χ0n) is 11.3. The first-order chi connectivity index (χ1) is 9.69. The minimum absolute atomic E-state index is 0.00992. The van der Waals surface area contributed by atoms with Crippen LogP contribution in [0.1, 0.15) is 17.3 Å². The fourth-order valence-corrected chi connectivity index (χ4v) is 1.40. The maximum Gasteiger partial charge on any atom is 0.337 e. The molecule has 1 aromatic rings. The molecule has 0 radical (unpaired) electrons. The van der Waals surface area contributed by atoms with Gasteiger partial charge >= 0.3 is 5.97 Å². The van der Waals surface area contributed by atoms with Crippen molar-refractivity contribution in [1.82, 2.24) is 5.32 Å². The van der Waals surface area contributed by atoms with Crippen LogP contribution in [0.15, 0.2) is 18.2 Å². The molecule has 1 atom stereocenters. The molecule has 1 aromatic carbocycles. The molecule has 1 amide bonds. The highest BCUT2D eigenvalue weighted by atomic mass is 16.6. The predicted octanol–water partition coefficient (Wildman–Crippen LogP) is 0.169. The molecule has 1 rings (SSSR count). The number of aliphatic carboxylic acids is 1. The zero-order valence-corrected chi connectivity index (χ0v) is 11.3. The van der Waals surface area contributed by atoms with Crippen molar-refractivity contribution in [3.8, 4) is 5.75 Å². The van der Waals surface area contributed by atoms with E-state index in [2.05, 4.69) is 5.32 Å². The number of aliphatic hydroxyl groups is 1. The smallest absolute Gasteiger partial charge is 0.337 e. The molecule has 0 fully saturated rings. The van der Waals surface area contributed by atoms with E-state index in [0.717, 1.165) is 19.1 Å². The number of nitrogens with zero attached hydrogens (tertiary/aromatic N) is 1. The first kappa shape index (κ1) is 16.4. The van der Waals surface area contributed by atoms with E-state index < -0.39 is 28.9 Å². The second-order valence-electron chi connectivity index (χ2n) is 4.40. The number of nitro groups is 1. The van der Waals surface area contributed by atoms with E-state index in [0.29, 0.717) is 0 Å². The number of carboxylic acids is 1. The number of carbonyl (C=O) groups excluding carboxylic acids is 1. The number of carboxylic acid groups (broad SMARTS) is 1. The van der Waals surface area contributed by atoms with Crippen LogP contribution in [0.3, 0.4) is 0 Å². The van der Waals surface area contributed by atoms with Crippen molar-refractivity contribution in [3.63, 3.8) is 0 Å². The molecule has 9 nitrogen and oxygen atoms in total. The minimum atomic E-state index is -2.12. The van der Waals surface area contributed by atoms with Gasteiger partial charge in [0.15, 0.2) is 5.60 Å². The Kier molecular flexibility index (Phi) is 4.82. The highest BCUT2D eigenvalue weighted by molar-refractivity contribution is 5.97. The summed E-state index contributed by atoms with van der Waals surface area (Å²) >= 11 is 0. The molecule has 1 unspecified atom stereocenters. The Morgan fingerprint density at radius 1 is 1.48 bits per heavy atom. The van der Waals surface area contributed by atoms with Gasteiger partial charge in [-0.3, -0.25) is 14.9 Å². The van der Waals surface area contributed by atoms with E-state index in [1.54, 1.807) is 0 Å². The summed E-state index contributed by atoms with van der Waals surface area (Å²) in [4.78, 5) is 32.6. The number of hydrogen-bond acceptors (Lipinski definition) is 6. The molecular formula is C12H14N2O7. The van der Waals surface area contributed by atoms with E-state index in [-0.39, 0.29) is 17.0 Å². The fourth-order valence-electron chi connectivity index (χ4n) is 1.40. The average Bonchev–Trinajstić information content (AvgIpc) is 2.43. The number of non-ortho nitro benzene ring substituents is 1. The third-order valence-electron chi connectivity index (χ3n) is 2.69. The van der Waals surface area contributed by atoms with E-state index in [1.807, 2.05) is 0 Å². The molecule has 0 aliphatic heterocycles. The number of methoxy groups -OCH3 is 1. The number of nitrogens with one attached hydrogen (secondary N) is 1. The van der Waals surface area contributed by atoms with E-state index in [4.69, 9.17) is 9.84 Å². The normalized spacial score (nSPS) is 13.1. The van der Waals surface area contributed by atoms with Crippen molar-refractivity contribution >= 4 is 17.6 Å². The van der Waals surface area contributed by atoms with E-state index >= 15 is 0 Å². The van der Waals surface area contributed by atoms with Crippen LogP contribution in [-0.2, 0) is 4.79 Å². The third-order valence-corrected chi connectivity index (χ3v) is 2.69. The summed E-state index contributed by atoms with van der Waals surface area (Å²) in [6, 6.07) is 3.37. The summed E-state index contributed by atoms with van der Waals surface area (Å²) in [6.07, 6.45) is 0. The van der Waals surface area contributed by atoms with Crippen molar-refractivity contribution in [2.45, 2.75) is 12.5 Å². The van der Waals surface area contributed by atoms with Gasteiger partial charge in [-0.05, 0) is 13.0 Å². The summed E-state index contributed by atoms with van der Waals surface area (Å²) in [6.45, 7) is 0.504. The first-order valence-corrected chi connectivity index (χ1v) is 5.75. The highest BCUT2D eigenvalue weighted by Gasteiger charge is 2.30. The molecule has 0 aliphatic rings. The second kappa shape index (κ2) is 6.18. The quantitative estimate of drug-likeness (QED) is 0.502. The Bertz CT molecular complexity index is 583. The van der Waals surface area contributed by atoms with Gasteiger partial charge in [-0.1, -0.05) is 0 Å². The average molecular weight is 298 g/mol. The van der Waals surface area contributed by atoms with E-state index in [9.17, 15) is 24.8 Å². The molecule has 0 saturated heterocycles. The molecule has 0 aromatic heterocycles. The maximum absolute atomic E-state index is 11.9. The lowest BCUT2D eigenvalue weighted by Gasteiger charge is -2.18. The minimum Gasteiger partial charge on any atom is -0.496 e. The maximum atomic E-state index is 11.9. The van der Waals surface area contributed by atoms with Crippen LogP contribution in [0.2, 0.25) is 0 Å². The largest absolute Gasteiger partial charge is 0.496 e. The van der Waals surface area contributed by atoms with Gasteiger partial charge in [0.05, 0.1) is 30.2 Å². The van der Waals surface area contributed by atoms with Crippen LogP contribution in [0.4, 0.5) is 5.69 Å². The van der Waals surface area contributed by atoms with Crippen molar-refractivity contribution in [2.75, 3.05) is 13.7 Å². The number of carbonyl (C=O) groups is 2. The fraction of sp³-hybridized carbons (Fsp3) is 0.333. The lowest BCUT2D eigenvalue weighted by Crippen LogP contribution is -2.46. The molecule has 0 aliphatic carbocycles. The molecule has 114 valence electrons. The van der Waals surface area contributed by atoms with Crippen molar-refractivity contribution < 1.29 is 29.5 Å². The first-order valence-electron chi connectivity index (χ1n) is 5.75. The van der Waals surface area contributed by atoms with Gasteiger partial charge in [-0.25, -0.2) is 4.79 Å². The SMILES string of the molecule is COc1cc([N+](=O)[O-])ccc1C(=O)NCC(C)(O)C(=O)O. The lowest BCUT2D eigenvalue weighted by atomic mass is 10.1. The predicted molar refractivity (Wildman–Crippen MR) is 70.2 cm³/mol. The number of amides is 1.